The Bertz CT molecular complexity index is 197. The molecule has 2 fully saturated rings. The molecular weight excluding hydrogens is 197 g/mol. The number of alkyl halides is 1. The lowest BCUT2D eigenvalue weighted by Gasteiger charge is -2.29. The number of thioether (sulfide) groups is 1. The van der Waals surface area contributed by atoms with Crippen molar-refractivity contribution in [2.75, 3.05) is 11.5 Å². The van der Waals surface area contributed by atoms with Crippen LogP contribution in [0.15, 0.2) is 0 Å². The molecule has 1 heterocycles. The lowest BCUT2D eigenvalue weighted by molar-refractivity contribution is 0.132. The van der Waals surface area contributed by atoms with Gasteiger partial charge in [-0.2, -0.15) is 11.8 Å². The number of rotatable bonds is 4. The van der Waals surface area contributed by atoms with Crippen LogP contribution in [0.1, 0.15) is 44.9 Å². The fourth-order valence-corrected chi connectivity index (χ4v) is 3.38. The maximum Gasteiger partial charge on any atom is 0.112 e. The summed E-state index contributed by atoms with van der Waals surface area (Å²) in [5.41, 5.74) is 5.24. The Balaban J connectivity index is 1.67. The summed E-state index contributed by atoms with van der Waals surface area (Å²) >= 11 is 1.88. The van der Waals surface area contributed by atoms with Crippen molar-refractivity contribution in [1.82, 2.24) is 0 Å². The molecule has 2 aliphatic rings. The molecule has 1 aliphatic heterocycles. The van der Waals surface area contributed by atoms with Gasteiger partial charge in [0.15, 0.2) is 0 Å². The van der Waals surface area contributed by atoms with Crippen LogP contribution in [0.2, 0.25) is 0 Å². The van der Waals surface area contributed by atoms with E-state index >= 15 is 0 Å². The molecule has 1 saturated carbocycles. The molecular formula is C11H20FNS. The third-order valence-electron chi connectivity index (χ3n) is 3.58. The van der Waals surface area contributed by atoms with E-state index in [1.165, 1.54) is 0 Å². The molecule has 2 N–H and O–H groups in total. The summed E-state index contributed by atoms with van der Waals surface area (Å²) in [6, 6.07) is 0. The van der Waals surface area contributed by atoms with E-state index in [4.69, 9.17) is 5.73 Å². The van der Waals surface area contributed by atoms with E-state index in [1.54, 1.807) is 0 Å². The predicted molar refractivity (Wildman–Crippen MR) is 60.4 cm³/mol. The highest BCUT2D eigenvalue weighted by molar-refractivity contribution is 7.99. The highest BCUT2D eigenvalue weighted by atomic mass is 32.2. The highest BCUT2D eigenvalue weighted by Crippen LogP contribution is 2.40. The molecule has 0 aromatic heterocycles. The molecule has 0 radical (unpaired) electrons. The molecule has 0 spiro atoms. The van der Waals surface area contributed by atoms with Crippen LogP contribution in [-0.2, 0) is 0 Å². The van der Waals surface area contributed by atoms with Crippen LogP contribution in [0.4, 0.5) is 4.39 Å². The Morgan fingerprint density at radius 3 is 2.29 bits per heavy atom. The normalized spacial score (nSPS) is 28.7. The van der Waals surface area contributed by atoms with Gasteiger partial charge in [0, 0.05) is 5.54 Å². The zero-order chi connectivity index (χ0) is 10.1. The average molecular weight is 217 g/mol. The molecule has 0 aromatic rings. The first-order valence-corrected chi connectivity index (χ1v) is 6.83. The molecule has 14 heavy (non-hydrogen) atoms. The minimum absolute atomic E-state index is 0.111. The molecule has 3 heteroatoms. The van der Waals surface area contributed by atoms with Crippen molar-refractivity contribution in [3.63, 3.8) is 0 Å². The van der Waals surface area contributed by atoms with E-state index < -0.39 is 5.67 Å². The van der Waals surface area contributed by atoms with Gasteiger partial charge < -0.3 is 5.73 Å². The van der Waals surface area contributed by atoms with Crippen molar-refractivity contribution in [1.29, 1.82) is 0 Å². The first-order chi connectivity index (χ1) is 6.62. The van der Waals surface area contributed by atoms with E-state index in [2.05, 4.69) is 0 Å². The van der Waals surface area contributed by atoms with Crippen LogP contribution >= 0.6 is 11.8 Å². The molecule has 1 aliphatic carbocycles. The molecule has 1 nitrogen and oxygen atoms in total. The zero-order valence-corrected chi connectivity index (χ0v) is 9.54. The van der Waals surface area contributed by atoms with Crippen LogP contribution in [0.3, 0.4) is 0 Å². The van der Waals surface area contributed by atoms with Crippen LogP contribution in [-0.4, -0.2) is 22.7 Å². The van der Waals surface area contributed by atoms with Crippen LogP contribution in [0.5, 0.6) is 0 Å². The third kappa shape index (κ3) is 2.86. The van der Waals surface area contributed by atoms with E-state index in [1.807, 2.05) is 11.8 Å². The van der Waals surface area contributed by atoms with Gasteiger partial charge in [-0.3, -0.25) is 0 Å². The predicted octanol–water partition coefficient (Wildman–Crippen LogP) is 2.88. The molecule has 0 amide bonds. The number of hydrogen-bond acceptors (Lipinski definition) is 2. The molecule has 1 saturated heterocycles. The summed E-state index contributed by atoms with van der Waals surface area (Å²) in [4.78, 5) is 0. The summed E-state index contributed by atoms with van der Waals surface area (Å²) in [5.74, 6) is 2.01. The van der Waals surface area contributed by atoms with Gasteiger partial charge in [0.25, 0.3) is 0 Å². The molecule has 0 atom stereocenters. The summed E-state index contributed by atoms with van der Waals surface area (Å²) in [6.07, 6.45) is 6.59. The molecule has 0 unspecified atom stereocenters. The Morgan fingerprint density at radius 1 is 1.07 bits per heavy atom. The van der Waals surface area contributed by atoms with Crippen LogP contribution in [0.25, 0.3) is 0 Å². The van der Waals surface area contributed by atoms with E-state index in [0.29, 0.717) is 0 Å². The second-order valence-electron chi connectivity index (χ2n) is 4.98. The van der Waals surface area contributed by atoms with Crippen molar-refractivity contribution in [3.05, 3.63) is 0 Å². The largest absolute Gasteiger partial charge is 0.325 e. The second-order valence-corrected chi connectivity index (χ2v) is 6.20. The molecule has 82 valence electrons. The standard InChI is InChI=1S/C11H20FNS/c12-10(6-8-14-9-7-10)2-1-3-11(13)4-5-11/h1-9,13H2. The lowest BCUT2D eigenvalue weighted by Crippen LogP contribution is -2.29. The highest BCUT2D eigenvalue weighted by Gasteiger charge is 2.39. The van der Waals surface area contributed by atoms with Crippen LogP contribution in [0, 0.1) is 0 Å². The van der Waals surface area contributed by atoms with Gasteiger partial charge in [0.05, 0.1) is 0 Å². The van der Waals surface area contributed by atoms with E-state index in [0.717, 1.165) is 56.5 Å². The van der Waals surface area contributed by atoms with Crippen molar-refractivity contribution in [2.45, 2.75) is 56.2 Å². The monoisotopic (exact) mass is 217 g/mol. The summed E-state index contributed by atoms with van der Waals surface area (Å²) in [7, 11) is 0. The molecule has 0 bridgehead atoms. The van der Waals surface area contributed by atoms with Crippen molar-refractivity contribution in [3.8, 4) is 0 Å². The Kier molecular flexibility index (Phi) is 3.08. The smallest absolute Gasteiger partial charge is 0.112 e. The first kappa shape index (κ1) is 10.7. The van der Waals surface area contributed by atoms with Crippen molar-refractivity contribution >= 4 is 11.8 Å². The summed E-state index contributed by atoms with van der Waals surface area (Å²) < 4.78 is 14.1. The van der Waals surface area contributed by atoms with Crippen molar-refractivity contribution < 1.29 is 4.39 Å². The number of nitrogens with two attached hydrogens (primary N) is 1. The maximum absolute atomic E-state index is 14.1. The average Bonchev–Trinajstić information content (AvgIpc) is 2.85. The maximum atomic E-state index is 14.1. The SMILES string of the molecule is NC1(CCCC2(F)CCSCC2)CC1. The second kappa shape index (κ2) is 4.01. The van der Waals surface area contributed by atoms with Gasteiger partial charge in [0.1, 0.15) is 5.67 Å². The Labute approximate surface area is 90.0 Å². The van der Waals surface area contributed by atoms with Crippen LogP contribution < -0.4 is 5.73 Å². The van der Waals surface area contributed by atoms with E-state index in [9.17, 15) is 4.39 Å². The van der Waals surface area contributed by atoms with Gasteiger partial charge in [-0.25, -0.2) is 4.39 Å². The Morgan fingerprint density at radius 2 is 1.71 bits per heavy atom. The summed E-state index contributed by atoms with van der Waals surface area (Å²) in [6.45, 7) is 0. The molecule has 2 rings (SSSR count). The van der Waals surface area contributed by atoms with Crippen molar-refractivity contribution in [2.24, 2.45) is 5.73 Å². The third-order valence-corrected chi connectivity index (χ3v) is 4.57. The summed E-state index contributed by atoms with van der Waals surface area (Å²) in [5, 5.41) is 0. The zero-order valence-electron chi connectivity index (χ0n) is 8.73. The fraction of sp³-hybridized carbons (Fsp3) is 1.00. The Hall–Kier alpha value is 0.240. The minimum Gasteiger partial charge on any atom is -0.325 e. The number of halogens is 1. The quantitative estimate of drug-likeness (QED) is 0.783. The van der Waals surface area contributed by atoms with E-state index in [-0.39, 0.29) is 5.54 Å². The fourth-order valence-electron chi connectivity index (χ4n) is 2.16. The topological polar surface area (TPSA) is 26.0 Å². The molecule has 0 aromatic carbocycles. The van der Waals surface area contributed by atoms with Gasteiger partial charge in [-0.1, -0.05) is 0 Å². The first-order valence-electron chi connectivity index (χ1n) is 5.68. The number of hydrogen-bond donors (Lipinski definition) is 1. The van der Waals surface area contributed by atoms with Gasteiger partial charge >= 0.3 is 0 Å². The van der Waals surface area contributed by atoms with Gasteiger partial charge in [-0.05, 0) is 56.5 Å². The minimum atomic E-state index is -0.851. The van der Waals surface area contributed by atoms with Gasteiger partial charge in [0.2, 0.25) is 0 Å². The van der Waals surface area contributed by atoms with Gasteiger partial charge in [-0.15, -0.1) is 0 Å². The lowest BCUT2D eigenvalue weighted by atomic mass is 9.91.